The van der Waals surface area contributed by atoms with E-state index in [1.807, 2.05) is 0 Å². The first-order chi connectivity index (χ1) is 5.04. The predicted octanol–water partition coefficient (Wildman–Crippen LogP) is 4.33. The summed E-state index contributed by atoms with van der Waals surface area (Å²) < 4.78 is 1.98. The molecule has 0 bridgehead atoms. The summed E-state index contributed by atoms with van der Waals surface area (Å²) in [5.41, 5.74) is 0. The van der Waals surface area contributed by atoms with Gasteiger partial charge >= 0.3 is 0 Å². The number of benzene rings is 1. The van der Waals surface area contributed by atoms with Crippen LogP contribution in [0, 0.1) is 0 Å². The van der Waals surface area contributed by atoms with Gasteiger partial charge in [0, 0.05) is 8.95 Å². The van der Waals surface area contributed by atoms with Gasteiger partial charge in [-0.05, 0) is 53.9 Å². The van der Waals surface area contributed by atoms with E-state index >= 15 is 0 Å². The van der Waals surface area contributed by atoms with Gasteiger partial charge in [0.05, 0.1) is 9.50 Å². The van der Waals surface area contributed by atoms with Gasteiger partial charge in [0.25, 0.3) is 0 Å². The molecule has 0 aliphatic carbocycles. The number of phenols is 1. The first-order valence-corrected chi connectivity index (χ1v) is 5.31. The normalized spacial score (nSPS) is 10.2. The van der Waals surface area contributed by atoms with Gasteiger partial charge in [-0.1, -0.05) is 11.6 Å². The summed E-state index contributed by atoms with van der Waals surface area (Å²) in [5, 5.41) is 9.63. The number of halogens is 4. The second kappa shape index (κ2) is 3.64. The zero-order chi connectivity index (χ0) is 8.59. The van der Waals surface area contributed by atoms with Crippen LogP contribution >= 0.6 is 59.4 Å². The number of rotatable bonds is 0. The van der Waals surface area contributed by atoms with Gasteiger partial charge in [-0.2, -0.15) is 0 Å². The van der Waals surface area contributed by atoms with Crippen LogP contribution < -0.4 is 0 Å². The van der Waals surface area contributed by atoms with Crippen molar-refractivity contribution in [3.05, 3.63) is 24.5 Å². The summed E-state index contributed by atoms with van der Waals surface area (Å²) in [7, 11) is 0. The van der Waals surface area contributed by atoms with Crippen molar-refractivity contribution in [3.63, 3.8) is 0 Å². The van der Waals surface area contributed by atoms with Gasteiger partial charge in [0.1, 0.15) is 0 Å². The Morgan fingerprint density at radius 1 is 1.18 bits per heavy atom. The van der Waals surface area contributed by atoms with E-state index in [1.54, 1.807) is 6.07 Å². The molecule has 1 rings (SSSR count). The SMILES string of the molecule is Oc1c(Cl)c(Br)cc(Br)c1Br. The Morgan fingerprint density at radius 3 is 2.27 bits per heavy atom. The summed E-state index contributed by atoms with van der Waals surface area (Å²) in [5.74, 6) is 0.0351. The number of hydrogen-bond donors (Lipinski definition) is 1. The molecule has 0 aliphatic rings. The largest absolute Gasteiger partial charge is 0.505 e. The van der Waals surface area contributed by atoms with Crippen LogP contribution in [0.2, 0.25) is 5.02 Å². The minimum absolute atomic E-state index is 0.0351. The minimum Gasteiger partial charge on any atom is -0.505 e. The van der Waals surface area contributed by atoms with Crippen molar-refractivity contribution in [2.45, 2.75) is 0 Å². The molecule has 0 fully saturated rings. The monoisotopic (exact) mass is 362 g/mol. The van der Waals surface area contributed by atoms with Crippen LogP contribution in [0.3, 0.4) is 0 Å². The second-order valence-electron chi connectivity index (χ2n) is 1.82. The Morgan fingerprint density at radius 2 is 1.73 bits per heavy atom. The Hall–Kier alpha value is 0.750. The molecule has 0 saturated carbocycles. The van der Waals surface area contributed by atoms with Crippen LogP contribution in [0.1, 0.15) is 0 Å². The van der Waals surface area contributed by atoms with Gasteiger partial charge in [-0.15, -0.1) is 0 Å². The molecule has 0 spiro atoms. The molecular formula is C6H2Br3ClO. The zero-order valence-corrected chi connectivity index (χ0v) is 10.6. The minimum atomic E-state index is 0.0351. The van der Waals surface area contributed by atoms with E-state index in [1.165, 1.54) is 0 Å². The number of hydrogen-bond acceptors (Lipinski definition) is 1. The lowest BCUT2D eigenvalue weighted by atomic mass is 10.3. The average Bonchev–Trinajstić information content (AvgIpc) is 1.97. The lowest BCUT2D eigenvalue weighted by molar-refractivity contribution is 0.471. The van der Waals surface area contributed by atoms with E-state index in [2.05, 4.69) is 47.8 Å². The molecule has 0 amide bonds. The molecule has 0 unspecified atom stereocenters. The van der Waals surface area contributed by atoms with Crippen molar-refractivity contribution >= 4 is 59.4 Å². The summed E-state index contributed by atoms with van der Waals surface area (Å²) in [6, 6.07) is 1.76. The Bertz CT molecular complexity index is 274. The highest BCUT2D eigenvalue weighted by atomic mass is 79.9. The third kappa shape index (κ3) is 1.91. The summed E-state index contributed by atoms with van der Waals surface area (Å²) >= 11 is 15.3. The van der Waals surface area contributed by atoms with Crippen molar-refractivity contribution < 1.29 is 5.11 Å². The molecule has 0 atom stereocenters. The van der Waals surface area contributed by atoms with Crippen molar-refractivity contribution in [3.8, 4) is 5.75 Å². The summed E-state index contributed by atoms with van der Waals surface area (Å²) in [6.07, 6.45) is 0. The van der Waals surface area contributed by atoms with Crippen LogP contribution in [0.4, 0.5) is 0 Å². The van der Waals surface area contributed by atoms with Gasteiger partial charge in [-0.25, -0.2) is 0 Å². The van der Waals surface area contributed by atoms with Crippen LogP contribution in [-0.2, 0) is 0 Å². The Balaban J connectivity index is 3.46. The fraction of sp³-hybridized carbons (Fsp3) is 0. The van der Waals surface area contributed by atoms with E-state index in [0.29, 0.717) is 14.0 Å². The standard InChI is InChI=1S/C6H2Br3ClO/c7-2-1-3(8)5(10)6(11)4(2)9/h1,11H. The lowest BCUT2D eigenvalue weighted by Crippen LogP contribution is -1.76. The molecule has 5 heteroatoms. The van der Waals surface area contributed by atoms with E-state index in [0.717, 1.165) is 4.47 Å². The quantitative estimate of drug-likeness (QED) is 0.679. The maximum atomic E-state index is 9.33. The zero-order valence-electron chi connectivity index (χ0n) is 5.04. The molecule has 1 nitrogen and oxygen atoms in total. The topological polar surface area (TPSA) is 20.2 Å². The highest BCUT2D eigenvalue weighted by Crippen LogP contribution is 2.41. The van der Waals surface area contributed by atoms with E-state index in [4.69, 9.17) is 11.6 Å². The highest BCUT2D eigenvalue weighted by Gasteiger charge is 2.10. The lowest BCUT2D eigenvalue weighted by Gasteiger charge is -2.03. The van der Waals surface area contributed by atoms with Crippen molar-refractivity contribution in [1.29, 1.82) is 0 Å². The molecular weight excluding hydrogens is 363 g/mol. The smallest absolute Gasteiger partial charge is 0.150 e. The molecule has 0 radical (unpaired) electrons. The van der Waals surface area contributed by atoms with E-state index in [9.17, 15) is 5.11 Å². The summed E-state index contributed by atoms with van der Waals surface area (Å²) in [4.78, 5) is 0. The third-order valence-electron chi connectivity index (χ3n) is 1.09. The molecule has 1 aromatic carbocycles. The van der Waals surface area contributed by atoms with Crippen LogP contribution in [0.15, 0.2) is 19.5 Å². The third-order valence-corrected chi connectivity index (χ3v) is 4.29. The van der Waals surface area contributed by atoms with Crippen LogP contribution in [0.25, 0.3) is 0 Å². The van der Waals surface area contributed by atoms with Crippen LogP contribution in [0.5, 0.6) is 5.75 Å². The van der Waals surface area contributed by atoms with Gasteiger partial charge < -0.3 is 5.11 Å². The molecule has 1 N–H and O–H groups in total. The van der Waals surface area contributed by atoms with Crippen molar-refractivity contribution in [1.82, 2.24) is 0 Å². The molecule has 60 valence electrons. The van der Waals surface area contributed by atoms with E-state index < -0.39 is 0 Å². The Kier molecular flexibility index (Phi) is 3.26. The highest BCUT2D eigenvalue weighted by molar-refractivity contribution is 9.13. The fourth-order valence-corrected chi connectivity index (χ4v) is 2.28. The first-order valence-electron chi connectivity index (χ1n) is 2.56. The van der Waals surface area contributed by atoms with E-state index in [-0.39, 0.29) is 5.75 Å². The average molecular weight is 365 g/mol. The predicted molar refractivity (Wildman–Crippen MR) is 56.2 cm³/mol. The summed E-state index contributed by atoms with van der Waals surface area (Å²) in [6.45, 7) is 0. The maximum Gasteiger partial charge on any atom is 0.150 e. The first kappa shape index (κ1) is 9.84. The molecule has 0 aliphatic heterocycles. The molecule has 0 aromatic heterocycles. The molecule has 1 aromatic rings. The Labute approximate surface area is 94.1 Å². The molecule has 0 saturated heterocycles. The van der Waals surface area contributed by atoms with Gasteiger partial charge in [0.15, 0.2) is 5.75 Å². The van der Waals surface area contributed by atoms with Crippen LogP contribution in [-0.4, -0.2) is 5.11 Å². The maximum absolute atomic E-state index is 9.33. The van der Waals surface area contributed by atoms with Gasteiger partial charge in [-0.3, -0.25) is 0 Å². The van der Waals surface area contributed by atoms with Crippen molar-refractivity contribution in [2.75, 3.05) is 0 Å². The molecule has 11 heavy (non-hydrogen) atoms. The van der Waals surface area contributed by atoms with Gasteiger partial charge in [0.2, 0.25) is 0 Å². The van der Waals surface area contributed by atoms with Crippen molar-refractivity contribution in [2.24, 2.45) is 0 Å². The second-order valence-corrected chi connectivity index (χ2v) is 4.70. The number of phenolic OH excluding ortho intramolecular Hbond substituents is 1. The molecule has 0 heterocycles. The number of aromatic hydroxyl groups is 1. The fourth-order valence-electron chi connectivity index (χ4n) is 0.561.